The lowest BCUT2D eigenvalue weighted by atomic mass is 9.95. The molecule has 23 heavy (non-hydrogen) atoms. The predicted octanol–water partition coefficient (Wildman–Crippen LogP) is 3.84. The molecule has 1 aliphatic heterocycles. The number of nitrogens with zero attached hydrogens (tertiary/aromatic N) is 2. The first kappa shape index (κ1) is 16.2. The van der Waals surface area contributed by atoms with Crippen molar-refractivity contribution in [1.82, 2.24) is 9.80 Å². The second-order valence-corrected chi connectivity index (χ2v) is 6.60. The van der Waals surface area contributed by atoms with Crippen molar-refractivity contribution in [3.63, 3.8) is 0 Å². The maximum absolute atomic E-state index is 4.02. The van der Waals surface area contributed by atoms with Gasteiger partial charge in [0.05, 0.1) is 6.04 Å². The van der Waals surface area contributed by atoms with Crippen molar-refractivity contribution in [3.8, 4) is 0 Å². The van der Waals surface area contributed by atoms with Gasteiger partial charge in [0.15, 0.2) is 0 Å². The molecule has 1 radical (unpaired) electrons. The monoisotopic (exact) mass is 307 g/mol. The highest BCUT2D eigenvalue weighted by molar-refractivity contribution is 5.35. The Balaban J connectivity index is 1.90. The number of rotatable bonds is 4. The topological polar surface area (TPSA) is 6.48 Å². The first-order chi connectivity index (χ1) is 11.2. The van der Waals surface area contributed by atoms with Crippen molar-refractivity contribution in [3.05, 3.63) is 77.7 Å². The fourth-order valence-electron chi connectivity index (χ4n) is 3.36. The van der Waals surface area contributed by atoms with Gasteiger partial charge in [0.25, 0.3) is 0 Å². The third-order valence-corrected chi connectivity index (χ3v) is 4.87. The molecular formula is C21H27N2. The predicted molar refractivity (Wildman–Crippen MR) is 97.6 cm³/mol. The minimum atomic E-state index is 0.350. The molecule has 1 fully saturated rings. The molecule has 0 unspecified atom stereocenters. The van der Waals surface area contributed by atoms with Gasteiger partial charge in [-0.25, -0.2) is 0 Å². The van der Waals surface area contributed by atoms with Gasteiger partial charge in [-0.3, -0.25) is 4.90 Å². The number of benzene rings is 2. The highest BCUT2D eigenvalue weighted by atomic mass is 15.3. The summed E-state index contributed by atoms with van der Waals surface area (Å²) in [7, 11) is 0. The lowest BCUT2D eigenvalue weighted by molar-refractivity contribution is 0.117. The van der Waals surface area contributed by atoms with E-state index in [0.29, 0.717) is 6.04 Å². The molecule has 0 spiro atoms. The van der Waals surface area contributed by atoms with Gasteiger partial charge < -0.3 is 4.90 Å². The molecule has 2 aromatic carbocycles. The number of aryl methyl sites for hydroxylation is 2. The van der Waals surface area contributed by atoms with Crippen LogP contribution in [0.1, 0.15) is 28.3 Å². The zero-order valence-electron chi connectivity index (χ0n) is 14.3. The van der Waals surface area contributed by atoms with Crippen LogP contribution in [0.4, 0.5) is 0 Å². The maximum atomic E-state index is 4.02. The molecule has 1 saturated heterocycles. The fourth-order valence-corrected chi connectivity index (χ4v) is 3.36. The van der Waals surface area contributed by atoms with E-state index in [4.69, 9.17) is 0 Å². The summed E-state index contributed by atoms with van der Waals surface area (Å²) < 4.78 is 0. The van der Waals surface area contributed by atoms with E-state index in [-0.39, 0.29) is 0 Å². The van der Waals surface area contributed by atoms with E-state index in [0.717, 1.165) is 32.7 Å². The molecule has 0 amide bonds. The first-order valence-electron chi connectivity index (χ1n) is 8.56. The Hall–Kier alpha value is -1.64. The van der Waals surface area contributed by atoms with Crippen LogP contribution in [0.2, 0.25) is 0 Å². The number of piperazine rings is 1. The van der Waals surface area contributed by atoms with E-state index in [9.17, 15) is 0 Å². The van der Waals surface area contributed by atoms with Gasteiger partial charge in [-0.2, -0.15) is 0 Å². The van der Waals surface area contributed by atoms with Gasteiger partial charge >= 0.3 is 0 Å². The summed E-state index contributed by atoms with van der Waals surface area (Å²) in [4.78, 5) is 5.04. The van der Waals surface area contributed by atoms with Crippen LogP contribution in [0, 0.1) is 20.8 Å². The van der Waals surface area contributed by atoms with Gasteiger partial charge in [-0.15, -0.1) is 0 Å². The Morgan fingerprint density at radius 2 is 1.22 bits per heavy atom. The zero-order chi connectivity index (χ0) is 16.2. The van der Waals surface area contributed by atoms with E-state index in [1.54, 1.807) is 0 Å². The Kier molecular flexibility index (Phi) is 5.14. The maximum Gasteiger partial charge on any atom is 0.0602 e. The Morgan fingerprint density at radius 3 is 1.61 bits per heavy atom. The van der Waals surface area contributed by atoms with E-state index in [2.05, 4.69) is 79.1 Å². The summed E-state index contributed by atoms with van der Waals surface area (Å²) in [5.74, 6) is 0. The van der Waals surface area contributed by atoms with E-state index in [1.165, 1.54) is 22.3 Å². The summed E-state index contributed by atoms with van der Waals surface area (Å²) in [5.41, 5.74) is 5.42. The summed E-state index contributed by atoms with van der Waals surface area (Å²) in [6.45, 7) is 13.6. The molecule has 121 valence electrons. The Morgan fingerprint density at radius 1 is 0.783 bits per heavy atom. The molecule has 3 rings (SSSR count). The van der Waals surface area contributed by atoms with Crippen LogP contribution in [0.15, 0.2) is 48.5 Å². The highest BCUT2D eigenvalue weighted by Crippen LogP contribution is 2.30. The van der Waals surface area contributed by atoms with Crippen LogP contribution in [-0.4, -0.2) is 42.5 Å². The summed E-state index contributed by atoms with van der Waals surface area (Å²) in [5, 5.41) is 0. The molecular weight excluding hydrogens is 280 g/mol. The smallest absolute Gasteiger partial charge is 0.0602 e. The summed E-state index contributed by atoms with van der Waals surface area (Å²) >= 11 is 0. The average Bonchev–Trinajstić information content (AvgIpc) is 2.59. The second kappa shape index (κ2) is 7.29. The average molecular weight is 307 g/mol. The molecule has 0 N–H and O–H groups in total. The largest absolute Gasteiger partial charge is 0.301 e. The SMILES string of the molecule is [CH2]CN1CCN(C(c2ccc(C)cc2)c2ccc(C)cc2)CC1. The summed E-state index contributed by atoms with van der Waals surface area (Å²) in [6, 6.07) is 18.4. The van der Waals surface area contributed by atoms with E-state index in [1.807, 2.05) is 0 Å². The third kappa shape index (κ3) is 3.82. The van der Waals surface area contributed by atoms with Crippen molar-refractivity contribution in [1.29, 1.82) is 0 Å². The molecule has 0 bridgehead atoms. The normalized spacial score (nSPS) is 16.9. The molecule has 0 atom stereocenters. The van der Waals surface area contributed by atoms with E-state index < -0.39 is 0 Å². The van der Waals surface area contributed by atoms with Crippen LogP contribution >= 0.6 is 0 Å². The van der Waals surface area contributed by atoms with Crippen molar-refractivity contribution in [2.45, 2.75) is 19.9 Å². The van der Waals surface area contributed by atoms with Crippen LogP contribution in [0.25, 0.3) is 0 Å². The van der Waals surface area contributed by atoms with Crippen LogP contribution < -0.4 is 0 Å². The van der Waals surface area contributed by atoms with Gasteiger partial charge in [0, 0.05) is 26.2 Å². The number of hydrogen-bond donors (Lipinski definition) is 0. The van der Waals surface area contributed by atoms with Gasteiger partial charge in [0.2, 0.25) is 0 Å². The van der Waals surface area contributed by atoms with Crippen LogP contribution in [0.3, 0.4) is 0 Å². The van der Waals surface area contributed by atoms with Crippen molar-refractivity contribution >= 4 is 0 Å². The van der Waals surface area contributed by atoms with Crippen LogP contribution in [-0.2, 0) is 0 Å². The minimum absolute atomic E-state index is 0.350. The van der Waals surface area contributed by atoms with Crippen molar-refractivity contribution in [2.24, 2.45) is 0 Å². The molecule has 0 aromatic heterocycles. The molecule has 2 nitrogen and oxygen atoms in total. The van der Waals surface area contributed by atoms with Crippen molar-refractivity contribution in [2.75, 3.05) is 32.7 Å². The minimum Gasteiger partial charge on any atom is -0.301 e. The third-order valence-electron chi connectivity index (χ3n) is 4.87. The Labute approximate surface area is 140 Å². The lowest BCUT2D eigenvalue weighted by Crippen LogP contribution is -2.47. The molecule has 0 saturated carbocycles. The van der Waals surface area contributed by atoms with Crippen molar-refractivity contribution < 1.29 is 0 Å². The molecule has 2 aromatic rings. The standard InChI is InChI=1S/C21H27N2/c1-4-22-13-15-23(16-14-22)21(19-9-5-17(2)6-10-19)20-11-7-18(3)8-12-20/h5-12,21H,1,4,13-16H2,2-3H3. The lowest BCUT2D eigenvalue weighted by Gasteiger charge is -2.39. The Bertz CT molecular complexity index is 562. The molecule has 1 heterocycles. The highest BCUT2D eigenvalue weighted by Gasteiger charge is 2.25. The molecule has 2 heteroatoms. The molecule has 1 aliphatic rings. The number of hydrogen-bond acceptors (Lipinski definition) is 2. The molecule has 0 aliphatic carbocycles. The van der Waals surface area contributed by atoms with Gasteiger partial charge in [0.1, 0.15) is 0 Å². The van der Waals surface area contributed by atoms with E-state index >= 15 is 0 Å². The summed E-state index contributed by atoms with van der Waals surface area (Å²) in [6.07, 6.45) is 0. The second-order valence-electron chi connectivity index (χ2n) is 6.60. The quantitative estimate of drug-likeness (QED) is 0.846. The van der Waals surface area contributed by atoms with Gasteiger partial charge in [-0.05, 0) is 38.4 Å². The first-order valence-corrected chi connectivity index (χ1v) is 8.56. The van der Waals surface area contributed by atoms with Crippen LogP contribution in [0.5, 0.6) is 0 Å². The van der Waals surface area contributed by atoms with Gasteiger partial charge in [-0.1, -0.05) is 59.7 Å². The fraction of sp³-hybridized carbons (Fsp3) is 0.381. The zero-order valence-corrected chi connectivity index (χ0v) is 14.3.